The average molecular weight is 469 g/mol. The zero-order chi connectivity index (χ0) is 22.7. The lowest BCUT2D eigenvalue weighted by Gasteiger charge is -2.16. The molecule has 32 heavy (non-hydrogen) atoms. The van der Waals surface area contributed by atoms with Gasteiger partial charge in [-0.05, 0) is 48.2 Å². The third kappa shape index (κ3) is 4.22. The zero-order valence-electron chi connectivity index (χ0n) is 17.6. The summed E-state index contributed by atoms with van der Waals surface area (Å²) in [6, 6.07) is 15.8. The van der Waals surface area contributed by atoms with E-state index in [2.05, 4.69) is 5.32 Å². The fraction of sp³-hybridized carbons (Fsp3) is 0.167. The predicted octanol–water partition coefficient (Wildman–Crippen LogP) is 5.60. The number of imide groups is 1. The lowest BCUT2D eigenvalue weighted by molar-refractivity contribution is -0.120. The smallest absolute Gasteiger partial charge is 0.282 e. The number of nitrogens with zero attached hydrogens (tertiary/aromatic N) is 1. The Kier molecular flexibility index (Phi) is 6.48. The lowest BCUT2D eigenvalue weighted by atomic mass is 10.2. The van der Waals surface area contributed by atoms with E-state index >= 15 is 0 Å². The standard InChI is InChI=1S/C24H21ClN2O4S/c1-3-11-31-17-7-4-6-15(13-17)26-22-21(20-8-5-12-32-20)23(28)27(24(22)29)16-9-10-19(30-2)18(25)14-16/h4-10,12-14,26H,3,11H2,1-2H3. The number of rotatable bonds is 8. The second-order valence-corrected chi connectivity index (χ2v) is 8.35. The molecule has 2 heterocycles. The number of anilines is 2. The number of amides is 2. The van der Waals surface area contributed by atoms with Crippen LogP contribution in [0.25, 0.3) is 5.57 Å². The average Bonchev–Trinajstić information content (AvgIpc) is 3.39. The number of ether oxygens (including phenoxy) is 2. The van der Waals surface area contributed by atoms with Gasteiger partial charge < -0.3 is 14.8 Å². The minimum absolute atomic E-state index is 0.206. The molecule has 3 aromatic rings. The van der Waals surface area contributed by atoms with Gasteiger partial charge in [-0.2, -0.15) is 0 Å². The molecule has 1 aliphatic rings. The molecule has 1 aliphatic heterocycles. The number of carbonyl (C=O) groups excluding carboxylic acids is 2. The summed E-state index contributed by atoms with van der Waals surface area (Å²) < 4.78 is 10.9. The minimum Gasteiger partial charge on any atom is -0.495 e. The van der Waals surface area contributed by atoms with Crippen molar-refractivity contribution in [3.63, 3.8) is 0 Å². The number of thiophene rings is 1. The third-order valence-corrected chi connectivity index (χ3v) is 6.00. The summed E-state index contributed by atoms with van der Waals surface area (Å²) in [7, 11) is 1.50. The Morgan fingerprint density at radius 3 is 2.59 bits per heavy atom. The highest BCUT2D eigenvalue weighted by atomic mass is 35.5. The monoisotopic (exact) mass is 468 g/mol. The second kappa shape index (κ2) is 9.46. The molecule has 0 atom stereocenters. The zero-order valence-corrected chi connectivity index (χ0v) is 19.1. The van der Waals surface area contributed by atoms with Gasteiger partial charge in [0.25, 0.3) is 11.8 Å². The SMILES string of the molecule is CCCOc1cccc(NC2=C(c3cccs3)C(=O)N(c3ccc(OC)c(Cl)c3)C2=O)c1. The van der Waals surface area contributed by atoms with Gasteiger partial charge in [-0.1, -0.05) is 30.7 Å². The van der Waals surface area contributed by atoms with E-state index in [9.17, 15) is 9.59 Å². The van der Waals surface area contributed by atoms with E-state index in [4.69, 9.17) is 21.1 Å². The van der Waals surface area contributed by atoms with Gasteiger partial charge in [0, 0.05) is 16.6 Å². The first-order valence-corrected chi connectivity index (χ1v) is 11.3. The highest BCUT2D eigenvalue weighted by Crippen LogP contribution is 2.38. The molecule has 0 fully saturated rings. The number of hydrogen-bond acceptors (Lipinski definition) is 6. The van der Waals surface area contributed by atoms with Gasteiger partial charge in [0.15, 0.2) is 0 Å². The fourth-order valence-electron chi connectivity index (χ4n) is 3.35. The number of hydrogen-bond donors (Lipinski definition) is 1. The van der Waals surface area contributed by atoms with Crippen LogP contribution in [-0.2, 0) is 9.59 Å². The molecule has 0 spiro atoms. The molecule has 8 heteroatoms. The number of carbonyl (C=O) groups is 2. The highest BCUT2D eigenvalue weighted by Gasteiger charge is 2.41. The Hall–Kier alpha value is -3.29. The van der Waals surface area contributed by atoms with E-state index in [1.54, 1.807) is 24.3 Å². The molecule has 2 amide bonds. The Morgan fingerprint density at radius 2 is 1.91 bits per heavy atom. The van der Waals surface area contributed by atoms with Crippen molar-refractivity contribution in [1.29, 1.82) is 0 Å². The van der Waals surface area contributed by atoms with Crippen LogP contribution in [0.1, 0.15) is 18.2 Å². The molecule has 2 aromatic carbocycles. The summed E-state index contributed by atoms with van der Waals surface area (Å²) in [6.45, 7) is 2.62. The normalized spacial score (nSPS) is 13.7. The number of halogens is 1. The van der Waals surface area contributed by atoms with Crippen LogP contribution in [0.3, 0.4) is 0 Å². The maximum atomic E-state index is 13.4. The van der Waals surface area contributed by atoms with Gasteiger partial charge >= 0.3 is 0 Å². The molecule has 164 valence electrons. The summed E-state index contributed by atoms with van der Waals surface area (Å²) in [5, 5.41) is 5.33. The van der Waals surface area contributed by atoms with E-state index < -0.39 is 11.8 Å². The first-order valence-electron chi connectivity index (χ1n) is 10.0. The molecule has 0 saturated carbocycles. The molecule has 0 bridgehead atoms. The fourth-order valence-corrected chi connectivity index (χ4v) is 4.37. The maximum absolute atomic E-state index is 13.4. The van der Waals surface area contributed by atoms with Crippen LogP contribution in [0, 0.1) is 0 Å². The first kappa shape index (κ1) is 21.9. The van der Waals surface area contributed by atoms with E-state index in [0.29, 0.717) is 45.0 Å². The van der Waals surface area contributed by atoms with E-state index in [1.165, 1.54) is 18.4 Å². The Balaban J connectivity index is 1.72. The van der Waals surface area contributed by atoms with Crippen molar-refractivity contribution >= 4 is 51.7 Å². The van der Waals surface area contributed by atoms with E-state index in [-0.39, 0.29) is 5.70 Å². The molecule has 4 rings (SSSR count). The van der Waals surface area contributed by atoms with Gasteiger partial charge in [-0.15, -0.1) is 11.3 Å². The quantitative estimate of drug-likeness (QED) is 0.436. The Labute approximate surface area is 195 Å². The topological polar surface area (TPSA) is 67.9 Å². The van der Waals surface area contributed by atoms with Gasteiger partial charge in [0.2, 0.25) is 0 Å². The molecule has 0 radical (unpaired) electrons. The highest BCUT2D eigenvalue weighted by molar-refractivity contribution is 7.11. The van der Waals surface area contributed by atoms with Gasteiger partial charge in [-0.25, -0.2) is 4.90 Å². The van der Waals surface area contributed by atoms with Crippen LogP contribution in [0.15, 0.2) is 65.7 Å². The molecule has 1 N–H and O–H groups in total. The minimum atomic E-state index is -0.459. The first-order chi connectivity index (χ1) is 15.5. The Bertz CT molecular complexity index is 1190. The van der Waals surface area contributed by atoms with Crippen molar-refractivity contribution < 1.29 is 19.1 Å². The van der Waals surface area contributed by atoms with Crippen molar-refractivity contribution in [1.82, 2.24) is 0 Å². The molecule has 1 aromatic heterocycles. The van der Waals surface area contributed by atoms with Crippen LogP contribution >= 0.6 is 22.9 Å². The van der Waals surface area contributed by atoms with Crippen LogP contribution in [-0.4, -0.2) is 25.5 Å². The number of nitrogens with one attached hydrogen (secondary N) is 1. The van der Waals surface area contributed by atoms with Gasteiger partial charge in [0.05, 0.1) is 30.0 Å². The molecule has 0 aliphatic carbocycles. The van der Waals surface area contributed by atoms with Crippen molar-refractivity contribution in [3.8, 4) is 11.5 Å². The van der Waals surface area contributed by atoms with Crippen molar-refractivity contribution in [2.75, 3.05) is 23.9 Å². The van der Waals surface area contributed by atoms with Crippen molar-refractivity contribution in [2.45, 2.75) is 13.3 Å². The Morgan fingerprint density at radius 1 is 1.06 bits per heavy atom. The molecular formula is C24H21ClN2O4S. The predicted molar refractivity (Wildman–Crippen MR) is 128 cm³/mol. The molecule has 6 nitrogen and oxygen atoms in total. The van der Waals surface area contributed by atoms with Gasteiger partial charge in [-0.3, -0.25) is 9.59 Å². The van der Waals surface area contributed by atoms with Crippen LogP contribution in [0.5, 0.6) is 11.5 Å². The molecule has 0 unspecified atom stereocenters. The molecule has 0 saturated heterocycles. The number of methoxy groups -OCH3 is 1. The van der Waals surface area contributed by atoms with Crippen LogP contribution < -0.4 is 19.7 Å². The number of benzene rings is 2. The second-order valence-electron chi connectivity index (χ2n) is 6.99. The summed E-state index contributed by atoms with van der Waals surface area (Å²) in [5.41, 5.74) is 1.55. The van der Waals surface area contributed by atoms with Crippen LogP contribution in [0.2, 0.25) is 5.02 Å². The van der Waals surface area contributed by atoms with E-state index in [0.717, 1.165) is 11.3 Å². The van der Waals surface area contributed by atoms with Crippen molar-refractivity contribution in [2.24, 2.45) is 0 Å². The van der Waals surface area contributed by atoms with Crippen LogP contribution in [0.4, 0.5) is 11.4 Å². The molecular weight excluding hydrogens is 448 g/mol. The largest absolute Gasteiger partial charge is 0.495 e. The summed E-state index contributed by atoms with van der Waals surface area (Å²) in [4.78, 5) is 28.7. The summed E-state index contributed by atoms with van der Waals surface area (Å²) in [5.74, 6) is 0.271. The lowest BCUT2D eigenvalue weighted by Crippen LogP contribution is -2.32. The summed E-state index contributed by atoms with van der Waals surface area (Å²) in [6.07, 6.45) is 0.887. The maximum Gasteiger partial charge on any atom is 0.282 e. The summed E-state index contributed by atoms with van der Waals surface area (Å²) >= 11 is 7.64. The van der Waals surface area contributed by atoms with E-state index in [1.807, 2.05) is 42.6 Å². The third-order valence-electron chi connectivity index (χ3n) is 4.82. The van der Waals surface area contributed by atoms with Gasteiger partial charge in [0.1, 0.15) is 17.2 Å². The van der Waals surface area contributed by atoms with Crippen molar-refractivity contribution in [3.05, 3.63) is 75.6 Å².